The SMILES string of the molecule is C=C(C)C(=O)OC(F)(F)C(F)(F)OC(=O)C(F)(F)C(F)(F)F. The molecule has 0 amide bonds. The molecule has 0 aliphatic carbocycles. The van der Waals surface area contributed by atoms with Crippen molar-refractivity contribution in [2.24, 2.45) is 0 Å². The lowest BCUT2D eigenvalue weighted by molar-refractivity contribution is -0.410. The third-order valence-electron chi connectivity index (χ3n) is 1.74. The van der Waals surface area contributed by atoms with Gasteiger partial charge in [0.2, 0.25) is 0 Å². The Labute approximate surface area is 115 Å². The van der Waals surface area contributed by atoms with Gasteiger partial charge in [-0.3, -0.25) is 0 Å². The van der Waals surface area contributed by atoms with Crippen LogP contribution >= 0.6 is 0 Å². The molecule has 13 heteroatoms. The lowest BCUT2D eigenvalue weighted by atomic mass is 10.3. The molecule has 0 aliphatic heterocycles. The molecular formula is C9H5F9O4. The first-order chi connectivity index (χ1) is 9.46. The van der Waals surface area contributed by atoms with Crippen LogP contribution in [0.5, 0.6) is 0 Å². The summed E-state index contributed by atoms with van der Waals surface area (Å²) >= 11 is 0. The number of alkyl halides is 9. The molecule has 0 spiro atoms. The Hall–Kier alpha value is -1.95. The summed E-state index contributed by atoms with van der Waals surface area (Å²) in [7, 11) is 0. The summed E-state index contributed by atoms with van der Waals surface area (Å²) in [6.07, 6.45) is -19.0. The van der Waals surface area contributed by atoms with Crippen LogP contribution in [0.25, 0.3) is 0 Å². The van der Waals surface area contributed by atoms with Gasteiger partial charge in [-0.05, 0) is 6.92 Å². The molecule has 4 nitrogen and oxygen atoms in total. The number of ether oxygens (including phenoxy) is 2. The van der Waals surface area contributed by atoms with Crippen LogP contribution in [0.3, 0.4) is 0 Å². The van der Waals surface area contributed by atoms with Crippen molar-refractivity contribution in [3.63, 3.8) is 0 Å². The molecule has 22 heavy (non-hydrogen) atoms. The van der Waals surface area contributed by atoms with Crippen LogP contribution in [0.15, 0.2) is 12.2 Å². The Balaban J connectivity index is 5.29. The molecule has 0 aromatic rings. The highest BCUT2D eigenvalue weighted by atomic mass is 19.4. The third-order valence-corrected chi connectivity index (χ3v) is 1.74. The van der Waals surface area contributed by atoms with Crippen LogP contribution in [0.4, 0.5) is 39.5 Å². The van der Waals surface area contributed by atoms with Crippen LogP contribution in [-0.2, 0) is 19.1 Å². The molecule has 0 N–H and O–H groups in total. The molecule has 0 rings (SSSR count). The molecule has 0 saturated heterocycles. The first-order valence-electron chi connectivity index (χ1n) is 4.78. The van der Waals surface area contributed by atoms with Crippen molar-refractivity contribution in [1.29, 1.82) is 0 Å². The minimum atomic E-state index is -6.66. The molecule has 0 unspecified atom stereocenters. The summed E-state index contributed by atoms with van der Waals surface area (Å²) in [4.78, 5) is 21.0. The molecule has 0 radical (unpaired) electrons. The normalized spacial score (nSPS) is 13.5. The molecule has 0 aromatic carbocycles. The van der Waals surface area contributed by atoms with Gasteiger partial charge in [-0.15, -0.1) is 0 Å². The van der Waals surface area contributed by atoms with Gasteiger partial charge in [-0.2, -0.15) is 39.5 Å². The summed E-state index contributed by atoms with van der Waals surface area (Å²) in [6.45, 7) is 3.46. The van der Waals surface area contributed by atoms with Gasteiger partial charge in [0.1, 0.15) is 0 Å². The molecule has 0 bridgehead atoms. The van der Waals surface area contributed by atoms with Gasteiger partial charge in [0, 0.05) is 5.57 Å². The summed E-state index contributed by atoms with van der Waals surface area (Å²) in [5.41, 5.74) is -0.831. The van der Waals surface area contributed by atoms with Crippen molar-refractivity contribution in [2.45, 2.75) is 31.2 Å². The van der Waals surface area contributed by atoms with Gasteiger partial charge in [-0.25, -0.2) is 9.59 Å². The number of halogens is 9. The van der Waals surface area contributed by atoms with Crippen molar-refractivity contribution in [3.8, 4) is 0 Å². The van der Waals surface area contributed by atoms with Crippen LogP contribution < -0.4 is 0 Å². The van der Waals surface area contributed by atoms with E-state index in [1.165, 1.54) is 0 Å². The van der Waals surface area contributed by atoms with E-state index in [1.54, 1.807) is 0 Å². The van der Waals surface area contributed by atoms with E-state index in [0.29, 0.717) is 0 Å². The largest absolute Gasteiger partial charge is 0.510 e. The summed E-state index contributed by atoms with van der Waals surface area (Å²) < 4.78 is 116. The lowest BCUT2D eigenvalue weighted by Gasteiger charge is -2.26. The van der Waals surface area contributed by atoms with Crippen molar-refractivity contribution in [1.82, 2.24) is 0 Å². The molecule has 128 valence electrons. The van der Waals surface area contributed by atoms with Crippen molar-refractivity contribution < 1.29 is 58.6 Å². The first kappa shape index (κ1) is 20.1. The maximum absolute atomic E-state index is 12.8. The first-order valence-corrected chi connectivity index (χ1v) is 4.78. The third kappa shape index (κ3) is 4.04. The van der Waals surface area contributed by atoms with E-state index in [9.17, 15) is 49.1 Å². The summed E-state index contributed by atoms with van der Waals surface area (Å²) in [6, 6.07) is 0. The highest BCUT2D eigenvalue weighted by Crippen LogP contribution is 2.42. The van der Waals surface area contributed by atoms with Crippen LogP contribution in [0.1, 0.15) is 6.92 Å². The molecule has 0 aliphatic rings. The number of hydrogen-bond acceptors (Lipinski definition) is 4. The van der Waals surface area contributed by atoms with E-state index in [-0.39, 0.29) is 0 Å². The van der Waals surface area contributed by atoms with Crippen LogP contribution in [0.2, 0.25) is 0 Å². The van der Waals surface area contributed by atoms with Gasteiger partial charge in [0.15, 0.2) is 0 Å². The fraction of sp³-hybridized carbons (Fsp3) is 0.556. The van der Waals surface area contributed by atoms with E-state index in [2.05, 4.69) is 16.1 Å². The van der Waals surface area contributed by atoms with Crippen molar-refractivity contribution >= 4 is 11.9 Å². The Bertz CT molecular complexity index is 480. The number of carbonyl (C=O) groups is 2. The lowest BCUT2D eigenvalue weighted by Crippen LogP contribution is -2.53. The smallest absolute Gasteiger partial charge is 0.390 e. The van der Waals surface area contributed by atoms with Gasteiger partial charge < -0.3 is 9.47 Å². The minimum Gasteiger partial charge on any atom is -0.390 e. The second-order valence-electron chi connectivity index (χ2n) is 3.67. The van der Waals surface area contributed by atoms with E-state index in [1.807, 2.05) is 0 Å². The molecule has 0 fully saturated rings. The van der Waals surface area contributed by atoms with Gasteiger partial charge in [-0.1, -0.05) is 6.58 Å². The fourth-order valence-electron chi connectivity index (χ4n) is 0.619. The Morgan fingerprint density at radius 2 is 1.18 bits per heavy atom. The Kier molecular flexibility index (Phi) is 5.18. The number of carbonyl (C=O) groups excluding carboxylic acids is 2. The van der Waals surface area contributed by atoms with Gasteiger partial charge in [0.25, 0.3) is 0 Å². The second kappa shape index (κ2) is 5.68. The number of esters is 2. The highest BCUT2D eigenvalue weighted by Gasteiger charge is 2.71. The van der Waals surface area contributed by atoms with E-state index in [0.717, 1.165) is 6.92 Å². The van der Waals surface area contributed by atoms with E-state index >= 15 is 0 Å². The number of rotatable bonds is 5. The zero-order valence-electron chi connectivity index (χ0n) is 10.2. The second-order valence-corrected chi connectivity index (χ2v) is 3.67. The topological polar surface area (TPSA) is 52.6 Å². The highest BCUT2D eigenvalue weighted by molar-refractivity contribution is 5.87. The fourth-order valence-corrected chi connectivity index (χ4v) is 0.619. The zero-order valence-corrected chi connectivity index (χ0v) is 10.2. The maximum atomic E-state index is 12.8. The maximum Gasteiger partial charge on any atom is 0.510 e. The summed E-state index contributed by atoms with van der Waals surface area (Å²) in [5.74, 6) is -12.6. The molecule has 0 heterocycles. The Morgan fingerprint density at radius 1 is 0.818 bits per heavy atom. The molecule has 0 saturated carbocycles. The predicted octanol–water partition coefficient (Wildman–Crippen LogP) is 3.03. The molecule has 0 aromatic heterocycles. The Morgan fingerprint density at radius 3 is 1.50 bits per heavy atom. The van der Waals surface area contributed by atoms with E-state index in [4.69, 9.17) is 0 Å². The van der Waals surface area contributed by atoms with Crippen LogP contribution in [0, 0.1) is 0 Å². The minimum absolute atomic E-state index is 0.736. The van der Waals surface area contributed by atoms with Crippen LogP contribution in [-0.4, -0.2) is 36.3 Å². The quantitative estimate of drug-likeness (QED) is 0.435. The van der Waals surface area contributed by atoms with Gasteiger partial charge in [0.05, 0.1) is 0 Å². The predicted molar refractivity (Wildman–Crippen MR) is 47.9 cm³/mol. The average molecular weight is 348 g/mol. The molecule has 0 atom stereocenters. The summed E-state index contributed by atoms with van der Waals surface area (Å²) in [5, 5.41) is 0. The molecular weight excluding hydrogens is 343 g/mol. The standard InChI is InChI=1S/C9H5F9O4/c1-3(2)4(19)21-8(15,16)9(17,18)22-5(20)6(10,11)7(12,13)14/h1H2,2H3. The average Bonchev–Trinajstić information content (AvgIpc) is 2.25. The monoisotopic (exact) mass is 348 g/mol. The van der Waals surface area contributed by atoms with Crippen molar-refractivity contribution in [3.05, 3.63) is 12.2 Å². The van der Waals surface area contributed by atoms with E-state index < -0.39 is 41.8 Å². The number of hydrogen-bond donors (Lipinski definition) is 0. The van der Waals surface area contributed by atoms with Gasteiger partial charge >= 0.3 is 36.3 Å². The zero-order chi connectivity index (χ0) is 18.1. The van der Waals surface area contributed by atoms with Crippen molar-refractivity contribution in [2.75, 3.05) is 0 Å².